The molecule has 0 rings (SSSR count). The Morgan fingerprint density at radius 2 is 1.55 bits per heavy atom. The summed E-state index contributed by atoms with van der Waals surface area (Å²) in [5, 5.41) is 18.4. The van der Waals surface area contributed by atoms with Crippen molar-refractivity contribution in [3.63, 3.8) is 0 Å². The lowest BCUT2D eigenvalue weighted by Crippen LogP contribution is -2.48. The molecule has 6 nitrogen and oxygen atoms in total. The summed E-state index contributed by atoms with van der Waals surface area (Å²) in [5.74, 6) is -2.42. The Morgan fingerprint density at radius 3 is 1.90 bits per heavy atom. The van der Waals surface area contributed by atoms with E-state index in [1.165, 1.54) is 0 Å². The van der Waals surface area contributed by atoms with Crippen molar-refractivity contribution >= 4 is 11.9 Å². The lowest BCUT2D eigenvalue weighted by Gasteiger charge is -2.32. The van der Waals surface area contributed by atoms with Gasteiger partial charge in [-0.15, -0.1) is 0 Å². The van der Waals surface area contributed by atoms with Crippen LogP contribution < -0.4 is 0 Å². The fraction of sp³-hybridized carbons (Fsp3) is 0.857. The summed E-state index contributed by atoms with van der Waals surface area (Å²) in [7, 11) is 3.92. The maximum atomic E-state index is 11.4. The van der Waals surface area contributed by atoms with Crippen LogP contribution in [0.2, 0.25) is 0 Å². The van der Waals surface area contributed by atoms with Gasteiger partial charge in [-0.3, -0.25) is 14.5 Å². The smallest absolute Gasteiger partial charge is 0.321 e. The molecule has 2 atom stereocenters. The number of nitrogens with zero attached hydrogens (tertiary/aromatic N) is 2. The van der Waals surface area contributed by atoms with Crippen LogP contribution in [0.3, 0.4) is 0 Å². The topological polar surface area (TPSA) is 81.1 Å². The molecule has 0 aromatic heterocycles. The summed E-state index contributed by atoms with van der Waals surface area (Å²) in [6, 6.07) is -0.640. The predicted octanol–water partition coefficient (Wildman–Crippen LogP) is 1.07. The normalized spacial score (nSPS) is 14.8. The van der Waals surface area contributed by atoms with Gasteiger partial charge in [0.2, 0.25) is 0 Å². The molecule has 0 aromatic rings. The van der Waals surface area contributed by atoms with E-state index in [-0.39, 0.29) is 12.5 Å². The molecule has 0 aliphatic heterocycles. The van der Waals surface area contributed by atoms with Gasteiger partial charge in [0.1, 0.15) is 6.04 Å². The first kappa shape index (κ1) is 18.9. The fourth-order valence-electron chi connectivity index (χ4n) is 2.23. The van der Waals surface area contributed by atoms with E-state index in [2.05, 4.69) is 0 Å². The minimum absolute atomic E-state index is 0.0622. The average molecular weight is 288 g/mol. The van der Waals surface area contributed by atoms with E-state index in [9.17, 15) is 14.7 Å². The Morgan fingerprint density at radius 1 is 1.00 bits per heavy atom. The van der Waals surface area contributed by atoms with Crippen LogP contribution in [0.1, 0.15) is 27.2 Å². The van der Waals surface area contributed by atoms with Crippen molar-refractivity contribution in [2.75, 3.05) is 33.7 Å². The Labute approximate surface area is 121 Å². The highest BCUT2D eigenvalue weighted by atomic mass is 16.4. The lowest BCUT2D eigenvalue weighted by molar-refractivity contribution is -0.148. The Balaban J connectivity index is 4.83. The number of carboxylic acid groups (broad SMARTS) is 2. The van der Waals surface area contributed by atoms with Crippen LogP contribution in [0.4, 0.5) is 0 Å². The minimum atomic E-state index is -0.893. The van der Waals surface area contributed by atoms with Crippen LogP contribution in [-0.4, -0.2) is 71.7 Å². The first-order valence-corrected chi connectivity index (χ1v) is 7.01. The molecule has 6 heteroatoms. The van der Waals surface area contributed by atoms with Gasteiger partial charge in [0.25, 0.3) is 0 Å². The summed E-state index contributed by atoms with van der Waals surface area (Å²) < 4.78 is 0. The van der Waals surface area contributed by atoms with E-state index in [0.29, 0.717) is 6.54 Å². The van der Waals surface area contributed by atoms with Gasteiger partial charge in [-0.1, -0.05) is 20.8 Å². The molecule has 0 fully saturated rings. The molecule has 20 heavy (non-hydrogen) atoms. The highest BCUT2D eigenvalue weighted by molar-refractivity contribution is 5.74. The molecule has 2 N–H and O–H groups in total. The molecule has 0 saturated carbocycles. The number of hydrogen-bond acceptors (Lipinski definition) is 4. The number of carboxylic acids is 2. The van der Waals surface area contributed by atoms with Gasteiger partial charge in [-0.25, -0.2) is 0 Å². The first-order chi connectivity index (χ1) is 9.16. The minimum Gasteiger partial charge on any atom is -0.481 e. The third-order valence-electron chi connectivity index (χ3n) is 3.26. The van der Waals surface area contributed by atoms with E-state index in [0.717, 1.165) is 13.0 Å². The second kappa shape index (κ2) is 8.92. The second-order valence-electron chi connectivity index (χ2n) is 5.92. The number of aliphatic carboxylic acids is 2. The SMILES string of the molecule is CC(CN(CCCN(C)C)C(C(=O)O)C(C)C)C(=O)O. The number of carbonyl (C=O) groups is 2. The molecular formula is C14H28N2O4. The molecule has 0 aromatic carbocycles. The fourth-order valence-corrected chi connectivity index (χ4v) is 2.23. The molecule has 0 aliphatic rings. The maximum absolute atomic E-state index is 11.4. The Bertz CT molecular complexity index is 318. The first-order valence-electron chi connectivity index (χ1n) is 7.01. The molecule has 0 aliphatic carbocycles. The molecular weight excluding hydrogens is 260 g/mol. The van der Waals surface area contributed by atoms with Gasteiger partial charge in [0.05, 0.1) is 5.92 Å². The summed E-state index contributed by atoms with van der Waals surface area (Å²) in [6.07, 6.45) is 0.815. The summed E-state index contributed by atoms with van der Waals surface area (Å²) >= 11 is 0. The van der Waals surface area contributed by atoms with Crippen molar-refractivity contribution in [2.45, 2.75) is 33.2 Å². The monoisotopic (exact) mass is 288 g/mol. The molecule has 0 heterocycles. The zero-order valence-electron chi connectivity index (χ0n) is 13.2. The van der Waals surface area contributed by atoms with Crippen molar-refractivity contribution in [1.29, 1.82) is 0 Å². The van der Waals surface area contributed by atoms with E-state index < -0.39 is 23.9 Å². The van der Waals surface area contributed by atoms with Crippen LogP contribution in [-0.2, 0) is 9.59 Å². The van der Waals surface area contributed by atoms with Crippen molar-refractivity contribution in [2.24, 2.45) is 11.8 Å². The van der Waals surface area contributed by atoms with Gasteiger partial charge in [-0.2, -0.15) is 0 Å². The highest BCUT2D eigenvalue weighted by Gasteiger charge is 2.30. The molecule has 0 bridgehead atoms. The van der Waals surface area contributed by atoms with Crippen LogP contribution in [0.25, 0.3) is 0 Å². The third-order valence-corrected chi connectivity index (χ3v) is 3.26. The van der Waals surface area contributed by atoms with Crippen molar-refractivity contribution < 1.29 is 19.8 Å². The predicted molar refractivity (Wildman–Crippen MR) is 77.8 cm³/mol. The quantitative estimate of drug-likeness (QED) is 0.626. The molecule has 0 spiro atoms. The van der Waals surface area contributed by atoms with Crippen molar-refractivity contribution in [3.8, 4) is 0 Å². The van der Waals surface area contributed by atoms with E-state index in [4.69, 9.17) is 5.11 Å². The van der Waals surface area contributed by atoms with Gasteiger partial charge < -0.3 is 15.1 Å². The number of rotatable bonds is 10. The summed E-state index contributed by atoms with van der Waals surface area (Å²) in [5.41, 5.74) is 0. The average Bonchev–Trinajstić information content (AvgIpc) is 2.26. The molecule has 118 valence electrons. The van der Waals surface area contributed by atoms with Gasteiger partial charge in [-0.05, 0) is 33.0 Å². The summed E-state index contributed by atoms with van der Waals surface area (Å²) in [4.78, 5) is 26.2. The van der Waals surface area contributed by atoms with E-state index in [1.54, 1.807) is 11.8 Å². The summed E-state index contributed by atoms with van der Waals surface area (Å²) in [6.45, 7) is 7.01. The Kier molecular flexibility index (Phi) is 8.41. The van der Waals surface area contributed by atoms with Gasteiger partial charge >= 0.3 is 11.9 Å². The maximum Gasteiger partial charge on any atom is 0.321 e. The zero-order chi connectivity index (χ0) is 15.9. The van der Waals surface area contributed by atoms with Crippen LogP contribution >= 0.6 is 0 Å². The second-order valence-corrected chi connectivity index (χ2v) is 5.92. The van der Waals surface area contributed by atoms with Crippen LogP contribution in [0.5, 0.6) is 0 Å². The van der Waals surface area contributed by atoms with Crippen LogP contribution in [0.15, 0.2) is 0 Å². The molecule has 2 unspecified atom stereocenters. The molecule has 0 radical (unpaired) electrons. The lowest BCUT2D eigenvalue weighted by atomic mass is 10.0. The van der Waals surface area contributed by atoms with Crippen molar-refractivity contribution in [3.05, 3.63) is 0 Å². The van der Waals surface area contributed by atoms with Gasteiger partial charge in [0, 0.05) is 13.1 Å². The van der Waals surface area contributed by atoms with Gasteiger partial charge in [0.15, 0.2) is 0 Å². The van der Waals surface area contributed by atoms with E-state index in [1.807, 2.05) is 32.8 Å². The number of hydrogen-bond donors (Lipinski definition) is 2. The van der Waals surface area contributed by atoms with Crippen molar-refractivity contribution in [1.82, 2.24) is 9.80 Å². The highest BCUT2D eigenvalue weighted by Crippen LogP contribution is 2.14. The van der Waals surface area contributed by atoms with Crippen LogP contribution in [0, 0.1) is 11.8 Å². The standard InChI is InChI=1S/C14H28N2O4/c1-10(2)12(14(19)20)16(8-6-7-15(4)5)9-11(3)13(17)18/h10-12H,6-9H2,1-5H3,(H,17,18)(H,19,20). The molecule has 0 amide bonds. The van der Waals surface area contributed by atoms with E-state index >= 15 is 0 Å². The molecule has 0 saturated heterocycles. The zero-order valence-corrected chi connectivity index (χ0v) is 13.2. The largest absolute Gasteiger partial charge is 0.481 e. The Hall–Kier alpha value is -1.14. The third kappa shape index (κ3) is 6.86.